The maximum Gasteiger partial charge on any atom is 0.251 e. The predicted molar refractivity (Wildman–Crippen MR) is 135 cm³/mol. The second kappa shape index (κ2) is 10.4. The molecule has 178 valence electrons. The second-order valence-electron chi connectivity index (χ2n) is 7.96. The summed E-state index contributed by atoms with van der Waals surface area (Å²) in [7, 11) is -3.32. The number of fused-ring (bicyclic) bond motifs is 1. The minimum absolute atomic E-state index is 0.00174. The summed E-state index contributed by atoms with van der Waals surface area (Å²) in [5.74, 6) is -0.347. The lowest BCUT2D eigenvalue weighted by atomic mass is 10.1. The molecule has 4 rings (SSSR count). The van der Waals surface area contributed by atoms with E-state index < -0.39 is 15.9 Å². The molecule has 35 heavy (non-hydrogen) atoms. The minimum atomic E-state index is -3.32. The van der Waals surface area contributed by atoms with Crippen molar-refractivity contribution in [2.24, 2.45) is 0 Å². The number of rotatable bonds is 8. The third kappa shape index (κ3) is 5.57. The van der Waals surface area contributed by atoms with E-state index in [9.17, 15) is 18.3 Å². The Labute approximate surface area is 207 Å². The third-order valence-electron chi connectivity index (χ3n) is 5.64. The summed E-state index contributed by atoms with van der Waals surface area (Å²) >= 11 is 1.50. The second-order valence-corrected chi connectivity index (χ2v) is 11.4. The molecule has 0 radical (unpaired) electrons. The highest BCUT2D eigenvalue weighted by molar-refractivity contribution is 7.91. The van der Waals surface area contributed by atoms with Crippen molar-refractivity contribution in [1.29, 1.82) is 5.26 Å². The number of nitrogens with zero attached hydrogens (tertiary/aromatic N) is 2. The Balaban J connectivity index is 1.49. The maximum absolute atomic E-state index is 12.9. The number of nitrogens with one attached hydrogen (secondary N) is 1. The van der Waals surface area contributed by atoms with Gasteiger partial charge in [-0.2, -0.15) is 5.26 Å². The van der Waals surface area contributed by atoms with Gasteiger partial charge in [0, 0.05) is 12.0 Å². The van der Waals surface area contributed by atoms with Crippen LogP contribution in [0.3, 0.4) is 0 Å². The van der Waals surface area contributed by atoms with Gasteiger partial charge in [-0.3, -0.25) is 4.79 Å². The SMILES string of the molecule is CCS(=O)(=O)c1ccc(C(CO)NC(=O)c2ccc3nc(Cc4ccc(C#N)cc4)sc3c2)cc1. The fraction of sp³-hybridized carbons (Fsp3) is 0.192. The number of amides is 1. The Kier molecular flexibility index (Phi) is 7.26. The number of aliphatic hydroxyl groups excluding tert-OH is 1. The summed E-state index contributed by atoms with van der Waals surface area (Å²) in [6, 6.07) is 20.2. The summed E-state index contributed by atoms with van der Waals surface area (Å²) in [6.07, 6.45) is 0.628. The van der Waals surface area contributed by atoms with Crippen molar-refractivity contribution in [3.05, 3.63) is 94.0 Å². The molecule has 1 amide bonds. The summed E-state index contributed by atoms with van der Waals surface area (Å²) < 4.78 is 24.9. The number of nitriles is 1. The van der Waals surface area contributed by atoms with Crippen LogP contribution in [0.4, 0.5) is 0 Å². The molecular formula is C26H23N3O4S2. The van der Waals surface area contributed by atoms with E-state index in [1.54, 1.807) is 49.4 Å². The van der Waals surface area contributed by atoms with Crippen molar-refractivity contribution in [2.45, 2.75) is 24.3 Å². The number of hydrogen-bond donors (Lipinski definition) is 2. The van der Waals surface area contributed by atoms with Crippen LogP contribution in [0.5, 0.6) is 0 Å². The molecule has 2 N–H and O–H groups in total. The van der Waals surface area contributed by atoms with Crippen LogP contribution in [0.15, 0.2) is 71.6 Å². The maximum atomic E-state index is 12.9. The monoisotopic (exact) mass is 505 g/mol. The van der Waals surface area contributed by atoms with E-state index >= 15 is 0 Å². The third-order valence-corrected chi connectivity index (χ3v) is 8.41. The molecule has 0 fully saturated rings. The number of thiazole rings is 1. The van der Waals surface area contributed by atoms with Crippen molar-refractivity contribution in [3.8, 4) is 6.07 Å². The van der Waals surface area contributed by atoms with Crippen LogP contribution in [-0.2, 0) is 16.3 Å². The fourth-order valence-electron chi connectivity index (χ4n) is 3.61. The van der Waals surface area contributed by atoms with E-state index in [-0.39, 0.29) is 23.2 Å². The number of aromatic nitrogens is 1. The molecule has 1 unspecified atom stereocenters. The number of aliphatic hydroxyl groups is 1. The van der Waals surface area contributed by atoms with Crippen LogP contribution >= 0.6 is 11.3 Å². The fourth-order valence-corrected chi connectivity index (χ4v) is 5.54. The molecule has 0 spiro atoms. The van der Waals surface area contributed by atoms with Crippen molar-refractivity contribution in [1.82, 2.24) is 10.3 Å². The van der Waals surface area contributed by atoms with E-state index in [0.717, 1.165) is 20.8 Å². The van der Waals surface area contributed by atoms with Gasteiger partial charge in [-0.05, 0) is 53.6 Å². The molecule has 1 heterocycles. The smallest absolute Gasteiger partial charge is 0.251 e. The number of carbonyl (C=O) groups is 1. The van der Waals surface area contributed by atoms with Crippen LogP contribution in [0.25, 0.3) is 10.2 Å². The highest BCUT2D eigenvalue weighted by Crippen LogP contribution is 2.26. The van der Waals surface area contributed by atoms with E-state index in [1.165, 1.54) is 23.5 Å². The topological polar surface area (TPSA) is 120 Å². The van der Waals surface area contributed by atoms with Crippen LogP contribution in [0, 0.1) is 11.3 Å². The summed E-state index contributed by atoms with van der Waals surface area (Å²) in [6.45, 7) is 1.25. The summed E-state index contributed by atoms with van der Waals surface area (Å²) in [5.41, 5.74) is 3.50. The van der Waals surface area contributed by atoms with Crippen molar-refractivity contribution >= 4 is 37.3 Å². The zero-order valence-electron chi connectivity index (χ0n) is 18.9. The van der Waals surface area contributed by atoms with Gasteiger partial charge in [0.25, 0.3) is 5.91 Å². The first-order chi connectivity index (χ1) is 16.8. The van der Waals surface area contributed by atoms with Crippen LogP contribution in [-0.4, -0.2) is 36.8 Å². The lowest BCUT2D eigenvalue weighted by Crippen LogP contribution is -2.30. The predicted octanol–water partition coefficient (Wildman–Crippen LogP) is 4.02. The molecule has 3 aromatic carbocycles. The largest absolute Gasteiger partial charge is 0.394 e. The van der Waals surface area contributed by atoms with E-state index in [0.29, 0.717) is 23.1 Å². The van der Waals surface area contributed by atoms with Gasteiger partial charge in [0.1, 0.15) is 0 Å². The highest BCUT2D eigenvalue weighted by atomic mass is 32.2. The van der Waals surface area contributed by atoms with Gasteiger partial charge < -0.3 is 10.4 Å². The number of benzene rings is 3. The van der Waals surface area contributed by atoms with E-state index in [4.69, 9.17) is 5.26 Å². The highest BCUT2D eigenvalue weighted by Gasteiger charge is 2.18. The van der Waals surface area contributed by atoms with Crippen LogP contribution in [0.1, 0.15) is 45.0 Å². The molecule has 0 bridgehead atoms. The first-order valence-corrected chi connectivity index (χ1v) is 13.4. The van der Waals surface area contributed by atoms with Gasteiger partial charge in [-0.1, -0.05) is 31.2 Å². The quantitative estimate of drug-likeness (QED) is 0.373. The van der Waals surface area contributed by atoms with Crippen LogP contribution in [0.2, 0.25) is 0 Å². The normalized spacial score (nSPS) is 12.3. The van der Waals surface area contributed by atoms with Crippen molar-refractivity contribution in [2.75, 3.05) is 12.4 Å². The Morgan fingerprint density at radius 3 is 2.46 bits per heavy atom. The summed E-state index contributed by atoms with van der Waals surface area (Å²) in [4.78, 5) is 17.8. The van der Waals surface area contributed by atoms with Gasteiger partial charge in [0.2, 0.25) is 0 Å². The average Bonchev–Trinajstić information content (AvgIpc) is 3.29. The Bertz CT molecular complexity index is 1500. The van der Waals surface area contributed by atoms with Gasteiger partial charge in [-0.15, -0.1) is 11.3 Å². The lowest BCUT2D eigenvalue weighted by molar-refractivity contribution is 0.0916. The Hall–Kier alpha value is -3.58. The number of hydrogen-bond acceptors (Lipinski definition) is 7. The van der Waals surface area contributed by atoms with Crippen molar-refractivity contribution in [3.63, 3.8) is 0 Å². The standard InChI is InChI=1S/C26H23N3O4S2/c1-2-35(32,33)21-10-7-19(8-11-21)23(16-30)29-26(31)20-9-12-22-24(14-20)34-25(28-22)13-17-3-5-18(15-27)6-4-17/h3-12,14,23,30H,2,13,16H2,1H3,(H,29,31). The molecular weight excluding hydrogens is 482 g/mol. The molecule has 0 saturated heterocycles. The molecule has 1 aromatic heterocycles. The summed E-state index contributed by atoms with van der Waals surface area (Å²) in [5, 5.41) is 22.5. The first-order valence-electron chi connectivity index (χ1n) is 11.0. The van der Waals surface area contributed by atoms with Crippen molar-refractivity contribution < 1.29 is 18.3 Å². The molecule has 0 aliphatic heterocycles. The number of carbonyl (C=O) groups excluding carboxylic acids is 1. The Morgan fingerprint density at radius 1 is 1.11 bits per heavy atom. The molecule has 0 saturated carbocycles. The van der Waals surface area contributed by atoms with Gasteiger partial charge in [-0.25, -0.2) is 13.4 Å². The number of sulfone groups is 1. The molecule has 4 aromatic rings. The zero-order valence-corrected chi connectivity index (χ0v) is 20.6. The molecule has 1 atom stereocenters. The first kappa shape index (κ1) is 24.5. The van der Waals surface area contributed by atoms with Gasteiger partial charge >= 0.3 is 0 Å². The van der Waals surface area contributed by atoms with Gasteiger partial charge in [0.15, 0.2) is 9.84 Å². The van der Waals surface area contributed by atoms with Gasteiger partial charge in [0.05, 0.1) is 50.2 Å². The average molecular weight is 506 g/mol. The molecule has 0 aliphatic rings. The molecule has 7 nitrogen and oxygen atoms in total. The van der Waals surface area contributed by atoms with E-state index in [1.807, 2.05) is 12.1 Å². The van der Waals surface area contributed by atoms with E-state index in [2.05, 4.69) is 16.4 Å². The lowest BCUT2D eigenvalue weighted by Gasteiger charge is -2.17. The Morgan fingerprint density at radius 2 is 1.83 bits per heavy atom. The zero-order chi connectivity index (χ0) is 25.0. The van der Waals surface area contributed by atoms with Crippen LogP contribution < -0.4 is 5.32 Å². The molecule has 0 aliphatic carbocycles. The molecule has 9 heteroatoms. The minimum Gasteiger partial charge on any atom is -0.394 e.